The number of guanidine groups is 1. The molecule has 0 saturated heterocycles. The van der Waals surface area contributed by atoms with E-state index in [0.717, 1.165) is 28.8 Å². The topological polar surface area (TPSA) is 49.8 Å². The van der Waals surface area contributed by atoms with Gasteiger partial charge in [-0.3, -0.25) is 0 Å². The summed E-state index contributed by atoms with van der Waals surface area (Å²) < 4.78 is 19.2. The van der Waals surface area contributed by atoms with E-state index in [0.29, 0.717) is 19.7 Å². The molecule has 0 spiro atoms. The van der Waals surface area contributed by atoms with Gasteiger partial charge in [-0.2, -0.15) is 0 Å². The van der Waals surface area contributed by atoms with Crippen molar-refractivity contribution in [1.29, 1.82) is 0 Å². The number of hydrogen-bond donors (Lipinski definition) is 1. The van der Waals surface area contributed by atoms with Gasteiger partial charge in [-0.1, -0.05) is 6.07 Å². The van der Waals surface area contributed by atoms with Crippen molar-refractivity contribution in [3.63, 3.8) is 0 Å². The van der Waals surface area contributed by atoms with Crippen LogP contribution in [0, 0.1) is 12.7 Å². The summed E-state index contributed by atoms with van der Waals surface area (Å²) in [6.45, 7) is 8.12. The van der Waals surface area contributed by atoms with E-state index in [9.17, 15) is 4.39 Å². The number of halogens is 1. The molecule has 1 heterocycles. The highest BCUT2D eigenvalue weighted by atomic mass is 32.1. The number of hydrogen-bond acceptors (Lipinski definition) is 4. The molecule has 2 aromatic rings. The zero-order valence-electron chi connectivity index (χ0n) is 15.2. The highest BCUT2D eigenvalue weighted by molar-refractivity contribution is 7.09. The van der Waals surface area contributed by atoms with Crippen molar-refractivity contribution in [1.82, 2.24) is 15.2 Å². The summed E-state index contributed by atoms with van der Waals surface area (Å²) in [4.78, 5) is 11.1. The third-order valence-electron chi connectivity index (χ3n) is 3.47. The molecule has 7 heteroatoms. The van der Waals surface area contributed by atoms with Crippen LogP contribution in [-0.2, 0) is 13.1 Å². The van der Waals surface area contributed by atoms with Crippen molar-refractivity contribution in [3.05, 3.63) is 45.7 Å². The lowest BCUT2D eigenvalue weighted by Gasteiger charge is -2.21. The van der Waals surface area contributed by atoms with Crippen LogP contribution in [0.15, 0.2) is 28.6 Å². The summed E-state index contributed by atoms with van der Waals surface area (Å²) in [5, 5.41) is 6.36. The molecule has 0 atom stereocenters. The Balaban J connectivity index is 2.06. The summed E-state index contributed by atoms with van der Waals surface area (Å²) in [6, 6.07) is 4.96. The van der Waals surface area contributed by atoms with E-state index in [4.69, 9.17) is 4.74 Å². The number of aryl methyl sites for hydroxylation is 1. The number of ether oxygens (including phenoxy) is 1. The number of aromatic nitrogens is 1. The first-order valence-corrected chi connectivity index (χ1v) is 9.23. The van der Waals surface area contributed by atoms with Gasteiger partial charge in [0.05, 0.1) is 30.4 Å². The highest BCUT2D eigenvalue weighted by Crippen LogP contribution is 2.19. The third-order valence-corrected chi connectivity index (χ3v) is 4.29. The van der Waals surface area contributed by atoms with Crippen molar-refractivity contribution in [2.24, 2.45) is 4.99 Å². The van der Waals surface area contributed by atoms with E-state index in [1.807, 2.05) is 38.8 Å². The van der Waals surface area contributed by atoms with Crippen LogP contribution in [-0.4, -0.2) is 36.0 Å². The number of aliphatic imine (C=N–C) groups is 1. The van der Waals surface area contributed by atoms with Crippen LogP contribution in [0.3, 0.4) is 0 Å². The van der Waals surface area contributed by atoms with Crippen molar-refractivity contribution >= 4 is 17.3 Å². The van der Waals surface area contributed by atoms with Gasteiger partial charge in [0, 0.05) is 19.0 Å². The monoisotopic (exact) mass is 364 g/mol. The number of benzene rings is 1. The molecule has 0 radical (unpaired) electrons. The Labute approximate surface area is 152 Å². The van der Waals surface area contributed by atoms with Gasteiger partial charge in [0.2, 0.25) is 0 Å². The SMILES string of the molecule is CCNC(=NCc1ccc(OCC)c(F)c1)N(C)Cc1csc(C)n1. The second-order valence-electron chi connectivity index (χ2n) is 5.58. The molecule has 1 aromatic heterocycles. The quantitative estimate of drug-likeness (QED) is 0.603. The minimum absolute atomic E-state index is 0.276. The fraction of sp³-hybridized carbons (Fsp3) is 0.444. The second-order valence-corrected chi connectivity index (χ2v) is 6.64. The number of nitrogens with zero attached hydrogens (tertiary/aromatic N) is 3. The van der Waals surface area contributed by atoms with E-state index in [1.165, 1.54) is 6.07 Å². The molecule has 136 valence electrons. The van der Waals surface area contributed by atoms with Crippen molar-refractivity contribution in [2.75, 3.05) is 20.2 Å². The van der Waals surface area contributed by atoms with Crippen LogP contribution in [0.5, 0.6) is 5.75 Å². The fourth-order valence-corrected chi connectivity index (χ4v) is 2.95. The first kappa shape index (κ1) is 19.2. The lowest BCUT2D eigenvalue weighted by molar-refractivity contribution is 0.321. The first-order chi connectivity index (χ1) is 12.0. The van der Waals surface area contributed by atoms with Crippen molar-refractivity contribution < 1.29 is 9.13 Å². The number of nitrogens with one attached hydrogen (secondary N) is 1. The molecule has 2 rings (SSSR count). The fourth-order valence-electron chi connectivity index (χ4n) is 2.35. The maximum atomic E-state index is 14.0. The molecule has 0 amide bonds. The third kappa shape index (κ3) is 5.70. The molecule has 0 aliphatic heterocycles. The Kier molecular flexibility index (Phi) is 7.18. The van der Waals surface area contributed by atoms with Gasteiger partial charge < -0.3 is 15.0 Å². The molecule has 0 aliphatic carbocycles. The molecule has 0 bridgehead atoms. The molecular weight excluding hydrogens is 339 g/mol. The van der Waals surface area contributed by atoms with Gasteiger partial charge in [-0.05, 0) is 38.5 Å². The van der Waals surface area contributed by atoms with E-state index < -0.39 is 0 Å². The minimum Gasteiger partial charge on any atom is -0.491 e. The number of thiazole rings is 1. The van der Waals surface area contributed by atoms with Crippen molar-refractivity contribution in [3.8, 4) is 5.75 Å². The Morgan fingerprint density at radius 3 is 2.80 bits per heavy atom. The van der Waals surface area contributed by atoms with Crippen LogP contribution < -0.4 is 10.1 Å². The van der Waals surface area contributed by atoms with Gasteiger partial charge in [0.15, 0.2) is 17.5 Å². The largest absolute Gasteiger partial charge is 0.491 e. The van der Waals surface area contributed by atoms with Gasteiger partial charge in [0.1, 0.15) is 0 Å². The predicted molar refractivity (Wildman–Crippen MR) is 101 cm³/mol. The van der Waals surface area contributed by atoms with Crippen molar-refractivity contribution in [2.45, 2.75) is 33.9 Å². The highest BCUT2D eigenvalue weighted by Gasteiger charge is 2.09. The molecule has 5 nitrogen and oxygen atoms in total. The summed E-state index contributed by atoms with van der Waals surface area (Å²) in [5.41, 5.74) is 1.82. The summed E-state index contributed by atoms with van der Waals surface area (Å²) in [6.07, 6.45) is 0. The van der Waals surface area contributed by atoms with E-state index in [-0.39, 0.29) is 11.6 Å². The van der Waals surface area contributed by atoms with E-state index >= 15 is 0 Å². The maximum absolute atomic E-state index is 14.0. The van der Waals surface area contributed by atoms with Crippen LogP contribution in [0.1, 0.15) is 30.1 Å². The van der Waals surface area contributed by atoms with Gasteiger partial charge in [0.25, 0.3) is 0 Å². The van der Waals surface area contributed by atoms with Crippen LogP contribution in [0.2, 0.25) is 0 Å². The minimum atomic E-state index is -0.356. The zero-order valence-corrected chi connectivity index (χ0v) is 16.0. The van der Waals surface area contributed by atoms with Gasteiger partial charge in [-0.25, -0.2) is 14.4 Å². The predicted octanol–water partition coefficient (Wildman–Crippen LogP) is 3.59. The van der Waals surface area contributed by atoms with Gasteiger partial charge >= 0.3 is 0 Å². The molecule has 0 aliphatic rings. The Bertz CT molecular complexity index is 717. The molecule has 1 aromatic carbocycles. The number of rotatable bonds is 7. The van der Waals surface area contributed by atoms with Gasteiger partial charge in [-0.15, -0.1) is 11.3 Å². The molecule has 0 unspecified atom stereocenters. The summed E-state index contributed by atoms with van der Waals surface area (Å²) >= 11 is 1.64. The molecule has 25 heavy (non-hydrogen) atoms. The Hall–Kier alpha value is -2.15. The molecule has 0 fully saturated rings. The zero-order chi connectivity index (χ0) is 18.2. The Morgan fingerprint density at radius 1 is 1.40 bits per heavy atom. The van der Waals surface area contributed by atoms with E-state index in [1.54, 1.807) is 17.4 Å². The Morgan fingerprint density at radius 2 is 2.20 bits per heavy atom. The first-order valence-electron chi connectivity index (χ1n) is 8.35. The lowest BCUT2D eigenvalue weighted by atomic mass is 10.2. The smallest absolute Gasteiger partial charge is 0.194 e. The summed E-state index contributed by atoms with van der Waals surface area (Å²) in [7, 11) is 1.97. The van der Waals surface area contributed by atoms with Crippen LogP contribution >= 0.6 is 11.3 Å². The maximum Gasteiger partial charge on any atom is 0.194 e. The molecule has 0 saturated carbocycles. The molecular formula is C18H25FN4OS. The van der Waals surface area contributed by atoms with Crippen LogP contribution in [0.25, 0.3) is 0 Å². The van der Waals surface area contributed by atoms with E-state index in [2.05, 4.69) is 20.7 Å². The average molecular weight is 364 g/mol. The summed E-state index contributed by atoms with van der Waals surface area (Å²) in [5.74, 6) is 0.687. The standard InChI is InChI=1S/C18H25FN4OS/c1-5-20-18(23(4)11-15-12-25-13(3)22-15)21-10-14-7-8-17(24-6-2)16(19)9-14/h7-9,12H,5-6,10-11H2,1-4H3,(H,20,21). The average Bonchev–Trinajstić information content (AvgIpc) is 2.98. The molecule has 1 N–H and O–H groups in total. The normalized spacial score (nSPS) is 11.5. The van der Waals surface area contributed by atoms with Crippen LogP contribution in [0.4, 0.5) is 4.39 Å². The second kappa shape index (κ2) is 9.36. The lowest BCUT2D eigenvalue weighted by Crippen LogP contribution is -2.38.